The number of carbonyl (C=O) groups excluding carboxylic acids is 2. The third-order valence-corrected chi connectivity index (χ3v) is 7.56. The van der Waals surface area contributed by atoms with E-state index in [1.54, 1.807) is 0 Å². The van der Waals surface area contributed by atoms with E-state index in [1.807, 2.05) is 0 Å². The number of carbonyl (C=O) groups is 2. The Morgan fingerprint density at radius 1 is 0.342 bits per heavy atom. The highest BCUT2D eigenvalue weighted by molar-refractivity contribution is 5.77. The average molecular weight is 539 g/mol. The monoisotopic (exact) mass is 538 g/mol. The molecule has 4 heteroatoms. The summed E-state index contributed by atoms with van der Waals surface area (Å²) < 4.78 is 10.5. The maximum Gasteiger partial charge on any atom is 0.306 e. The summed E-state index contributed by atoms with van der Waals surface area (Å²) in [4.78, 5) is 23.7. The zero-order chi connectivity index (χ0) is 27.8. The van der Waals surface area contributed by atoms with Gasteiger partial charge in [0.05, 0.1) is 26.1 Å². The highest BCUT2D eigenvalue weighted by Crippen LogP contribution is 2.14. The molecule has 0 heterocycles. The SMILES string of the molecule is CCCCCCCCCCCCCCCOC(=O)CCC(=O)OCCCCCCCCCCCCCCC. The van der Waals surface area contributed by atoms with Crippen molar-refractivity contribution in [3.63, 3.8) is 0 Å². The van der Waals surface area contributed by atoms with E-state index in [2.05, 4.69) is 13.8 Å². The van der Waals surface area contributed by atoms with Crippen molar-refractivity contribution in [2.24, 2.45) is 0 Å². The lowest BCUT2D eigenvalue weighted by molar-refractivity contribution is -0.150. The zero-order valence-electron chi connectivity index (χ0n) is 25.8. The second kappa shape index (κ2) is 32.2. The molecule has 0 aromatic heterocycles. The molecule has 0 aromatic rings. The molecule has 0 rings (SSSR count). The van der Waals surface area contributed by atoms with Crippen molar-refractivity contribution in [2.75, 3.05) is 13.2 Å². The Labute approximate surface area is 237 Å². The first-order valence-electron chi connectivity index (χ1n) is 17.0. The summed E-state index contributed by atoms with van der Waals surface area (Å²) in [7, 11) is 0. The van der Waals surface area contributed by atoms with Crippen LogP contribution in [-0.4, -0.2) is 25.2 Å². The van der Waals surface area contributed by atoms with Crippen LogP contribution in [0.3, 0.4) is 0 Å². The summed E-state index contributed by atoms with van der Waals surface area (Å²) in [5.41, 5.74) is 0. The normalized spacial score (nSPS) is 11.1. The minimum Gasteiger partial charge on any atom is -0.466 e. The van der Waals surface area contributed by atoms with Crippen LogP contribution in [0.25, 0.3) is 0 Å². The number of hydrogen-bond donors (Lipinski definition) is 0. The molecule has 226 valence electrons. The van der Waals surface area contributed by atoms with E-state index >= 15 is 0 Å². The van der Waals surface area contributed by atoms with Gasteiger partial charge in [0.15, 0.2) is 0 Å². The van der Waals surface area contributed by atoms with Gasteiger partial charge in [-0.05, 0) is 12.8 Å². The van der Waals surface area contributed by atoms with Crippen LogP contribution < -0.4 is 0 Å². The second-order valence-corrected chi connectivity index (χ2v) is 11.4. The van der Waals surface area contributed by atoms with Gasteiger partial charge in [0.2, 0.25) is 0 Å². The standard InChI is InChI=1S/C34H66O4/c1-3-5-7-9-11-13-15-17-19-21-23-25-27-31-37-33(35)29-30-34(36)38-32-28-26-24-22-20-18-16-14-12-10-8-6-4-2/h3-32H2,1-2H3. The molecule has 0 amide bonds. The largest absolute Gasteiger partial charge is 0.466 e. The third kappa shape index (κ3) is 31.2. The average Bonchev–Trinajstić information content (AvgIpc) is 2.92. The van der Waals surface area contributed by atoms with E-state index in [0.29, 0.717) is 13.2 Å². The zero-order valence-corrected chi connectivity index (χ0v) is 25.8. The molecule has 0 spiro atoms. The van der Waals surface area contributed by atoms with Crippen molar-refractivity contribution >= 4 is 11.9 Å². The summed E-state index contributed by atoms with van der Waals surface area (Å²) in [6, 6.07) is 0. The van der Waals surface area contributed by atoms with Crippen molar-refractivity contribution in [1.82, 2.24) is 0 Å². The van der Waals surface area contributed by atoms with E-state index in [4.69, 9.17) is 9.47 Å². The first-order valence-corrected chi connectivity index (χ1v) is 17.0. The molecule has 0 aromatic carbocycles. The summed E-state index contributed by atoms with van der Waals surface area (Å²) in [5.74, 6) is -0.552. The molecular formula is C34H66O4. The highest BCUT2D eigenvalue weighted by atomic mass is 16.5. The van der Waals surface area contributed by atoms with Crippen molar-refractivity contribution < 1.29 is 19.1 Å². The van der Waals surface area contributed by atoms with Crippen molar-refractivity contribution in [2.45, 2.75) is 194 Å². The van der Waals surface area contributed by atoms with Crippen molar-refractivity contribution in [3.05, 3.63) is 0 Å². The van der Waals surface area contributed by atoms with Gasteiger partial charge in [-0.25, -0.2) is 0 Å². The Kier molecular flexibility index (Phi) is 31.3. The molecule has 4 nitrogen and oxygen atoms in total. The second-order valence-electron chi connectivity index (χ2n) is 11.4. The van der Waals surface area contributed by atoms with E-state index < -0.39 is 0 Å². The van der Waals surface area contributed by atoms with Crippen LogP contribution in [-0.2, 0) is 19.1 Å². The maximum atomic E-state index is 11.8. The van der Waals surface area contributed by atoms with E-state index in [9.17, 15) is 9.59 Å². The van der Waals surface area contributed by atoms with E-state index in [0.717, 1.165) is 25.7 Å². The molecule has 0 atom stereocenters. The van der Waals surface area contributed by atoms with Gasteiger partial charge in [0, 0.05) is 0 Å². The van der Waals surface area contributed by atoms with Crippen molar-refractivity contribution in [3.8, 4) is 0 Å². The van der Waals surface area contributed by atoms with Crippen LogP contribution in [0.15, 0.2) is 0 Å². The Bertz CT molecular complexity index is 447. The summed E-state index contributed by atoms with van der Waals surface area (Å²) in [6.07, 6.45) is 34.2. The van der Waals surface area contributed by atoms with E-state index in [1.165, 1.54) is 141 Å². The Hall–Kier alpha value is -1.06. The predicted molar refractivity (Wildman–Crippen MR) is 163 cm³/mol. The van der Waals surface area contributed by atoms with Gasteiger partial charge >= 0.3 is 11.9 Å². The quantitative estimate of drug-likeness (QED) is 0.0650. The highest BCUT2D eigenvalue weighted by Gasteiger charge is 2.09. The third-order valence-electron chi connectivity index (χ3n) is 7.56. The van der Waals surface area contributed by atoms with Gasteiger partial charge in [-0.15, -0.1) is 0 Å². The van der Waals surface area contributed by atoms with Crippen LogP contribution >= 0.6 is 0 Å². The lowest BCUT2D eigenvalue weighted by Gasteiger charge is -2.06. The van der Waals surface area contributed by atoms with Crippen LogP contribution in [0.5, 0.6) is 0 Å². The fourth-order valence-corrected chi connectivity index (χ4v) is 4.96. The Morgan fingerprint density at radius 2 is 0.553 bits per heavy atom. The minimum atomic E-state index is -0.276. The maximum absolute atomic E-state index is 11.8. The molecule has 0 aliphatic carbocycles. The molecular weight excluding hydrogens is 472 g/mol. The van der Waals surface area contributed by atoms with Crippen molar-refractivity contribution in [1.29, 1.82) is 0 Å². The van der Waals surface area contributed by atoms with Gasteiger partial charge in [-0.3, -0.25) is 9.59 Å². The number of rotatable bonds is 31. The number of ether oxygens (including phenoxy) is 2. The predicted octanol–water partition coefficient (Wildman–Crippen LogP) is 11.0. The number of hydrogen-bond acceptors (Lipinski definition) is 4. The van der Waals surface area contributed by atoms with Crippen LogP contribution in [0.1, 0.15) is 194 Å². The van der Waals surface area contributed by atoms with E-state index in [-0.39, 0.29) is 24.8 Å². The number of esters is 2. The molecule has 0 bridgehead atoms. The molecule has 0 saturated carbocycles. The Balaban J connectivity index is 3.27. The fourth-order valence-electron chi connectivity index (χ4n) is 4.96. The molecule has 0 aliphatic rings. The molecule has 0 aliphatic heterocycles. The van der Waals surface area contributed by atoms with Crippen LogP contribution in [0.2, 0.25) is 0 Å². The fraction of sp³-hybridized carbons (Fsp3) is 0.941. The summed E-state index contributed by atoms with van der Waals surface area (Å²) in [5, 5.41) is 0. The smallest absolute Gasteiger partial charge is 0.306 e. The van der Waals surface area contributed by atoms with Gasteiger partial charge in [0.1, 0.15) is 0 Å². The summed E-state index contributed by atoms with van der Waals surface area (Å²) >= 11 is 0. The van der Waals surface area contributed by atoms with Gasteiger partial charge in [-0.1, -0.05) is 168 Å². The molecule has 0 radical (unpaired) electrons. The van der Waals surface area contributed by atoms with Gasteiger partial charge < -0.3 is 9.47 Å². The van der Waals surface area contributed by atoms with Crippen LogP contribution in [0.4, 0.5) is 0 Å². The Morgan fingerprint density at radius 3 is 0.789 bits per heavy atom. The van der Waals surface area contributed by atoms with Gasteiger partial charge in [-0.2, -0.15) is 0 Å². The number of unbranched alkanes of at least 4 members (excludes halogenated alkanes) is 24. The topological polar surface area (TPSA) is 52.6 Å². The first kappa shape index (κ1) is 36.9. The lowest BCUT2D eigenvalue weighted by atomic mass is 10.0. The van der Waals surface area contributed by atoms with Crippen LogP contribution in [0, 0.1) is 0 Å². The van der Waals surface area contributed by atoms with Gasteiger partial charge in [0.25, 0.3) is 0 Å². The first-order chi connectivity index (χ1) is 18.7. The molecule has 0 N–H and O–H groups in total. The minimum absolute atomic E-state index is 0.135. The molecule has 0 saturated heterocycles. The summed E-state index contributed by atoms with van der Waals surface area (Å²) in [6.45, 7) is 5.49. The molecule has 0 fully saturated rings. The molecule has 0 unspecified atom stereocenters. The lowest BCUT2D eigenvalue weighted by Crippen LogP contribution is -2.11. The molecule has 38 heavy (non-hydrogen) atoms.